The molecular formula is C24H21N3. The van der Waals surface area contributed by atoms with Gasteiger partial charge in [-0.25, -0.2) is 9.97 Å². The summed E-state index contributed by atoms with van der Waals surface area (Å²) in [7, 11) is 2.20. The van der Waals surface area contributed by atoms with Gasteiger partial charge >= 0.3 is 0 Å². The molecule has 1 aliphatic rings. The Morgan fingerprint density at radius 1 is 0.926 bits per heavy atom. The maximum Gasteiger partial charge on any atom is 0.116 e. The van der Waals surface area contributed by atoms with E-state index in [9.17, 15) is 0 Å². The topological polar surface area (TPSA) is 29.0 Å². The smallest absolute Gasteiger partial charge is 0.116 e. The molecule has 27 heavy (non-hydrogen) atoms. The van der Waals surface area contributed by atoms with Gasteiger partial charge in [-0.05, 0) is 46.6 Å². The molecule has 0 bridgehead atoms. The van der Waals surface area contributed by atoms with Crippen molar-refractivity contribution in [3.8, 4) is 11.3 Å². The van der Waals surface area contributed by atoms with E-state index >= 15 is 0 Å². The molecule has 0 N–H and O–H groups in total. The lowest BCUT2D eigenvalue weighted by atomic mass is 9.83. The second-order valence-corrected chi connectivity index (χ2v) is 7.36. The second-order valence-electron chi connectivity index (χ2n) is 7.36. The Labute approximate surface area is 159 Å². The van der Waals surface area contributed by atoms with E-state index in [1.807, 2.05) is 6.07 Å². The van der Waals surface area contributed by atoms with Gasteiger partial charge in [0.1, 0.15) is 6.33 Å². The number of nitrogens with zero attached hydrogens (tertiary/aromatic N) is 3. The van der Waals surface area contributed by atoms with Gasteiger partial charge in [0, 0.05) is 30.8 Å². The molecule has 3 heteroatoms. The zero-order valence-electron chi connectivity index (χ0n) is 15.3. The van der Waals surface area contributed by atoms with Gasteiger partial charge < -0.3 is 4.90 Å². The molecule has 1 unspecified atom stereocenters. The molecule has 1 aromatic heterocycles. The molecule has 3 aromatic carbocycles. The van der Waals surface area contributed by atoms with Crippen molar-refractivity contribution in [3.05, 3.63) is 95.9 Å². The van der Waals surface area contributed by atoms with E-state index in [-0.39, 0.29) is 0 Å². The van der Waals surface area contributed by atoms with Crippen LogP contribution >= 0.6 is 0 Å². The number of likely N-dealkylation sites (N-methyl/N-ethyl adjacent to an activating group) is 1. The van der Waals surface area contributed by atoms with Crippen molar-refractivity contribution in [1.29, 1.82) is 0 Å². The van der Waals surface area contributed by atoms with E-state index in [1.54, 1.807) is 12.5 Å². The molecule has 0 spiro atoms. The van der Waals surface area contributed by atoms with Gasteiger partial charge in [0.25, 0.3) is 0 Å². The Bertz CT molecular complexity index is 1100. The van der Waals surface area contributed by atoms with Crippen molar-refractivity contribution in [3.63, 3.8) is 0 Å². The number of aromatic nitrogens is 2. The summed E-state index contributed by atoms with van der Waals surface area (Å²) in [5.74, 6) is 0.391. The summed E-state index contributed by atoms with van der Waals surface area (Å²) in [6.45, 7) is 2.01. The SMILES string of the molecule is CN1Cc2cc(-c3ccncn3)ccc2C(c2ccc3ccccc3c2)C1. The monoisotopic (exact) mass is 351 g/mol. The highest BCUT2D eigenvalue weighted by atomic mass is 15.1. The molecule has 0 amide bonds. The minimum Gasteiger partial charge on any atom is -0.301 e. The molecule has 3 nitrogen and oxygen atoms in total. The van der Waals surface area contributed by atoms with Gasteiger partial charge in [-0.2, -0.15) is 0 Å². The first-order valence-electron chi connectivity index (χ1n) is 9.34. The molecule has 1 atom stereocenters. The fourth-order valence-electron chi connectivity index (χ4n) is 4.18. The average Bonchev–Trinajstić information content (AvgIpc) is 2.73. The molecule has 2 heterocycles. The normalized spacial score (nSPS) is 17.0. The fraction of sp³-hybridized carbons (Fsp3) is 0.167. The Balaban J connectivity index is 1.59. The number of hydrogen-bond acceptors (Lipinski definition) is 3. The van der Waals surface area contributed by atoms with Gasteiger partial charge in [0.05, 0.1) is 5.69 Å². The highest BCUT2D eigenvalue weighted by Gasteiger charge is 2.25. The van der Waals surface area contributed by atoms with E-state index in [0.717, 1.165) is 24.3 Å². The summed E-state index contributed by atoms with van der Waals surface area (Å²) in [6.07, 6.45) is 3.41. The van der Waals surface area contributed by atoms with Gasteiger partial charge in [0.2, 0.25) is 0 Å². The van der Waals surface area contributed by atoms with Gasteiger partial charge in [-0.15, -0.1) is 0 Å². The lowest BCUT2D eigenvalue weighted by Gasteiger charge is -2.33. The van der Waals surface area contributed by atoms with Crippen LogP contribution in [0.3, 0.4) is 0 Å². The Morgan fingerprint density at radius 3 is 2.67 bits per heavy atom. The zero-order chi connectivity index (χ0) is 18.2. The minimum atomic E-state index is 0.391. The second kappa shape index (κ2) is 6.60. The molecule has 0 radical (unpaired) electrons. The largest absolute Gasteiger partial charge is 0.301 e. The summed E-state index contributed by atoms with van der Waals surface area (Å²) in [5, 5.41) is 2.60. The number of hydrogen-bond donors (Lipinski definition) is 0. The molecule has 4 aromatic rings. The first-order valence-corrected chi connectivity index (χ1v) is 9.34. The van der Waals surface area contributed by atoms with Crippen LogP contribution in [0.25, 0.3) is 22.0 Å². The lowest BCUT2D eigenvalue weighted by Crippen LogP contribution is -2.31. The van der Waals surface area contributed by atoms with E-state index < -0.39 is 0 Å². The molecular weight excluding hydrogens is 330 g/mol. The standard InChI is InChI=1S/C24H21N3/c1-27-14-21-13-20(24-10-11-25-16-26-24)8-9-22(21)23(15-27)19-7-6-17-4-2-3-5-18(17)12-19/h2-13,16,23H,14-15H2,1H3. The number of benzene rings is 3. The number of rotatable bonds is 2. The van der Waals surface area contributed by atoms with Gasteiger partial charge in [0.15, 0.2) is 0 Å². The van der Waals surface area contributed by atoms with Crippen LogP contribution in [0.1, 0.15) is 22.6 Å². The Hall–Kier alpha value is -3.04. The third-order valence-corrected chi connectivity index (χ3v) is 5.51. The summed E-state index contributed by atoms with van der Waals surface area (Å²) in [6, 6.07) is 24.2. The van der Waals surface area contributed by atoms with Crippen LogP contribution in [0.4, 0.5) is 0 Å². The molecule has 5 rings (SSSR count). The highest BCUT2D eigenvalue weighted by molar-refractivity contribution is 5.83. The van der Waals surface area contributed by atoms with Crippen molar-refractivity contribution in [2.45, 2.75) is 12.5 Å². The highest BCUT2D eigenvalue weighted by Crippen LogP contribution is 2.36. The lowest BCUT2D eigenvalue weighted by molar-refractivity contribution is 0.295. The summed E-state index contributed by atoms with van der Waals surface area (Å²) >= 11 is 0. The molecule has 0 saturated carbocycles. The zero-order valence-corrected chi connectivity index (χ0v) is 15.3. The van der Waals surface area contributed by atoms with Crippen LogP contribution in [0.5, 0.6) is 0 Å². The molecule has 132 valence electrons. The van der Waals surface area contributed by atoms with Crippen molar-refractivity contribution in [2.24, 2.45) is 0 Å². The Kier molecular flexibility index (Phi) is 3.95. The van der Waals surface area contributed by atoms with Crippen molar-refractivity contribution in [2.75, 3.05) is 13.6 Å². The molecule has 0 aliphatic carbocycles. The first kappa shape index (κ1) is 16.2. The predicted octanol–water partition coefficient (Wildman–Crippen LogP) is 4.87. The quantitative estimate of drug-likeness (QED) is 0.516. The van der Waals surface area contributed by atoms with Crippen molar-refractivity contribution < 1.29 is 0 Å². The first-order chi connectivity index (χ1) is 13.3. The average molecular weight is 351 g/mol. The third kappa shape index (κ3) is 3.00. The van der Waals surface area contributed by atoms with Crippen molar-refractivity contribution >= 4 is 10.8 Å². The van der Waals surface area contributed by atoms with Crippen LogP contribution in [-0.4, -0.2) is 28.5 Å². The summed E-state index contributed by atoms with van der Waals surface area (Å²) in [4.78, 5) is 10.8. The molecule has 0 saturated heterocycles. The molecule has 1 aliphatic heterocycles. The number of fused-ring (bicyclic) bond motifs is 2. The van der Waals surface area contributed by atoms with E-state index in [0.29, 0.717) is 5.92 Å². The van der Waals surface area contributed by atoms with Gasteiger partial charge in [-0.1, -0.05) is 54.6 Å². The van der Waals surface area contributed by atoms with Gasteiger partial charge in [-0.3, -0.25) is 0 Å². The summed E-state index contributed by atoms with van der Waals surface area (Å²) < 4.78 is 0. The molecule has 0 fully saturated rings. The van der Waals surface area contributed by atoms with Crippen LogP contribution in [0.15, 0.2) is 79.3 Å². The minimum absolute atomic E-state index is 0.391. The van der Waals surface area contributed by atoms with E-state index in [1.165, 1.54) is 27.5 Å². The predicted molar refractivity (Wildman–Crippen MR) is 110 cm³/mol. The maximum absolute atomic E-state index is 4.40. The van der Waals surface area contributed by atoms with Crippen molar-refractivity contribution in [1.82, 2.24) is 14.9 Å². The van der Waals surface area contributed by atoms with Crippen LogP contribution in [0.2, 0.25) is 0 Å². The van der Waals surface area contributed by atoms with E-state index in [4.69, 9.17) is 0 Å². The fourth-order valence-corrected chi connectivity index (χ4v) is 4.18. The van der Waals surface area contributed by atoms with Crippen LogP contribution in [0, 0.1) is 0 Å². The summed E-state index contributed by atoms with van der Waals surface area (Å²) in [5.41, 5.74) is 6.34. The third-order valence-electron chi connectivity index (χ3n) is 5.51. The van der Waals surface area contributed by atoms with Crippen LogP contribution < -0.4 is 0 Å². The van der Waals surface area contributed by atoms with E-state index in [2.05, 4.69) is 82.6 Å². The van der Waals surface area contributed by atoms with Crippen LogP contribution in [-0.2, 0) is 6.54 Å². The maximum atomic E-state index is 4.40. The Morgan fingerprint density at radius 2 is 1.81 bits per heavy atom.